The van der Waals surface area contributed by atoms with Crippen LogP contribution in [0, 0.1) is 13.8 Å². The van der Waals surface area contributed by atoms with Gasteiger partial charge in [-0.3, -0.25) is 4.98 Å². The molecule has 2 aromatic carbocycles. The molecule has 0 unspecified atom stereocenters. The van der Waals surface area contributed by atoms with Gasteiger partial charge in [-0.1, -0.05) is 35.9 Å². The molecule has 1 aromatic heterocycles. The molecular formula is C18H17ClN2. The van der Waals surface area contributed by atoms with Crippen molar-refractivity contribution in [3.8, 4) is 0 Å². The lowest BCUT2D eigenvalue weighted by molar-refractivity contribution is 1.13. The van der Waals surface area contributed by atoms with Crippen molar-refractivity contribution >= 4 is 28.2 Å². The molecule has 0 aliphatic rings. The molecule has 1 heterocycles. The van der Waals surface area contributed by atoms with E-state index in [1.165, 1.54) is 16.5 Å². The fourth-order valence-corrected chi connectivity index (χ4v) is 2.69. The van der Waals surface area contributed by atoms with E-state index in [9.17, 15) is 0 Å². The van der Waals surface area contributed by atoms with Crippen LogP contribution in [0.1, 0.15) is 16.8 Å². The monoisotopic (exact) mass is 296 g/mol. The topological polar surface area (TPSA) is 24.9 Å². The van der Waals surface area contributed by atoms with Crippen molar-refractivity contribution in [2.45, 2.75) is 20.4 Å². The summed E-state index contributed by atoms with van der Waals surface area (Å²) in [4.78, 5) is 4.57. The second-order valence-electron chi connectivity index (χ2n) is 5.25. The van der Waals surface area contributed by atoms with Gasteiger partial charge in [0.1, 0.15) is 0 Å². The molecule has 21 heavy (non-hydrogen) atoms. The molecule has 0 fully saturated rings. The Bertz CT molecular complexity index is 796. The largest absolute Gasteiger partial charge is 0.381 e. The number of fused-ring (bicyclic) bond motifs is 1. The maximum Gasteiger partial charge on any atom is 0.0708 e. The number of aryl methyl sites for hydroxylation is 2. The van der Waals surface area contributed by atoms with Crippen LogP contribution in [0.25, 0.3) is 10.9 Å². The average molecular weight is 297 g/mol. The molecule has 0 saturated carbocycles. The predicted octanol–water partition coefficient (Wildman–Crippen LogP) is 5.12. The normalized spacial score (nSPS) is 10.8. The fraction of sp³-hybridized carbons (Fsp3) is 0.167. The van der Waals surface area contributed by atoms with Crippen molar-refractivity contribution in [3.05, 3.63) is 70.4 Å². The summed E-state index contributed by atoms with van der Waals surface area (Å²) in [5.74, 6) is 0. The molecule has 0 spiro atoms. The lowest BCUT2D eigenvalue weighted by atomic mass is 10.1. The van der Waals surface area contributed by atoms with Gasteiger partial charge in [-0.15, -0.1) is 0 Å². The van der Waals surface area contributed by atoms with E-state index in [1.54, 1.807) is 0 Å². The number of hydrogen-bond donors (Lipinski definition) is 1. The van der Waals surface area contributed by atoms with Crippen molar-refractivity contribution in [1.82, 2.24) is 4.98 Å². The lowest BCUT2D eigenvalue weighted by Crippen LogP contribution is -2.03. The van der Waals surface area contributed by atoms with Gasteiger partial charge in [-0.2, -0.15) is 0 Å². The molecule has 0 saturated heterocycles. The van der Waals surface area contributed by atoms with E-state index in [2.05, 4.69) is 35.4 Å². The first-order chi connectivity index (χ1) is 10.1. The number of rotatable bonds is 3. The molecule has 0 aliphatic heterocycles. The summed E-state index contributed by atoms with van der Waals surface area (Å²) in [6.45, 7) is 4.86. The summed E-state index contributed by atoms with van der Waals surface area (Å²) in [5, 5.41) is 5.42. The molecular weight excluding hydrogens is 280 g/mol. The van der Waals surface area contributed by atoms with Gasteiger partial charge in [0.2, 0.25) is 0 Å². The number of halogens is 1. The zero-order valence-corrected chi connectivity index (χ0v) is 12.9. The van der Waals surface area contributed by atoms with Crippen LogP contribution in [0.2, 0.25) is 5.02 Å². The van der Waals surface area contributed by atoms with E-state index < -0.39 is 0 Å². The summed E-state index contributed by atoms with van der Waals surface area (Å²) < 4.78 is 0. The van der Waals surface area contributed by atoms with E-state index in [1.807, 2.05) is 37.3 Å². The zero-order chi connectivity index (χ0) is 14.8. The second-order valence-corrected chi connectivity index (χ2v) is 5.69. The van der Waals surface area contributed by atoms with Crippen LogP contribution in [-0.2, 0) is 6.54 Å². The number of anilines is 1. The first kappa shape index (κ1) is 13.9. The number of hydrogen-bond acceptors (Lipinski definition) is 2. The van der Waals surface area contributed by atoms with Gasteiger partial charge in [-0.25, -0.2) is 0 Å². The maximum absolute atomic E-state index is 6.07. The minimum Gasteiger partial charge on any atom is -0.381 e. The zero-order valence-electron chi connectivity index (χ0n) is 12.2. The Balaban J connectivity index is 1.93. The van der Waals surface area contributed by atoms with Crippen LogP contribution in [0.5, 0.6) is 0 Å². The Kier molecular flexibility index (Phi) is 3.80. The molecule has 2 nitrogen and oxygen atoms in total. The molecule has 3 heteroatoms. The van der Waals surface area contributed by atoms with Gasteiger partial charge >= 0.3 is 0 Å². The van der Waals surface area contributed by atoms with Crippen molar-refractivity contribution in [2.24, 2.45) is 0 Å². The molecule has 0 amide bonds. The third kappa shape index (κ3) is 3.01. The molecule has 3 rings (SSSR count). The Morgan fingerprint density at radius 3 is 2.71 bits per heavy atom. The van der Waals surface area contributed by atoms with Gasteiger partial charge < -0.3 is 5.32 Å². The number of benzene rings is 2. The first-order valence-corrected chi connectivity index (χ1v) is 7.36. The van der Waals surface area contributed by atoms with Gasteiger partial charge in [0.15, 0.2) is 0 Å². The summed E-state index contributed by atoms with van der Waals surface area (Å²) in [6.07, 6.45) is 0. The smallest absolute Gasteiger partial charge is 0.0708 e. The average Bonchev–Trinajstić information content (AvgIpc) is 2.47. The molecule has 106 valence electrons. The first-order valence-electron chi connectivity index (χ1n) is 6.99. The molecule has 0 radical (unpaired) electrons. The van der Waals surface area contributed by atoms with Crippen LogP contribution in [-0.4, -0.2) is 4.98 Å². The van der Waals surface area contributed by atoms with E-state index >= 15 is 0 Å². The maximum atomic E-state index is 6.07. The highest BCUT2D eigenvalue weighted by molar-refractivity contribution is 6.30. The van der Waals surface area contributed by atoms with Crippen molar-refractivity contribution < 1.29 is 0 Å². The summed E-state index contributed by atoms with van der Waals surface area (Å²) in [6, 6.07) is 16.3. The number of nitrogens with zero attached hydrogens (tertiary/aromatic N) is 1. The Labute approximate surface area is 129 Å². The van der Waals surface area contributed by atoms with Crippen LogP contribution in [0.15, 0.2) is 48.5 Å². The standard InChI is InChI=1S/C18H17ClN2/c1-12-7-8-15(19)10-18(12)20-11-14-9-13(2)21-17-6-4-3-5-16(14)17/h3-10,20H,11H2,1-2H3. The second kappa shape index (κ2) is 5.74. The van der Waals surface area contributed by atoms with E-state index in [4.69, 9.17) is 11.6 Å². The number of nitrogens with one attached hydrogen (secondary N) is 1. The number of pyridine rings is 1. The Morgan fingerprint density at radius 2 is 1.86 bits per heavy atom. The summed E-state index contributed by atoms with van der Waals surface area (Å²) in [5.41, 5.74) is 5.58. The number of aromatic nitrogens is 1. The highest BCUT2D eigenvalue weighted by atomic mass is 35.5. The Morgan fingerprint density at radius 1 is 1.05 bits per heavy atom. The van der Waals surface area contributed by atoms with Gasteiger partial charge in [0.25, 0.3) is 0 Å². The quantitative estimate of drug-likeness (QED) is 0.726. The number of para-hydroxylation sites is 1. The predicted molar refractivity (Wildman–Crippen MR) is 90.0 cm³/mol. The summed E-state index contributed by atoms with van der Waals surface area (Å²) >= 11 is 6.07. The van der Waals surface area contributed by atoms with E-state index in [-0.39, 0.29) is 0 Å². The fourth-order valence-electron chi connectivity index (χ4n) is 2.52. The highest BCUT2D eigenvalue weighted by Gasteiger charge is 2.05. The van der Waals surface area contributed by atoms with Crippen LogP contribution in [0.4, 0.5) is 5.69 Å². The van der Waals surface area contributed by atoms with E-state index in [0.29, 0.717) is 0 Å². The van der Waals surface area contributed by atoms with Crippen LogP contribution in [0.3, 0.4) is 0 Å². The Hall–Kier alpha value is -2.06. The van der Waals surface area contributed by atoms with Crippen molar-refractivity contribution in [1.29, 1.82) is 0 Å². The third-order valence-corrected chi connectivity index (χ3v) is 3.83. The van der Waals surface area contributed by atoms with E-state index in [0.717, 1.165) is 28.5 Å². The molecule has 0 atom stereocenters. The van der Waals surface area contributed by atoms with Crippen molar-refractivity contribution in [2.75, 3.05) is 5.32 Å². The molecule has 3 aromatic rings. The lowest BCUT2D eigenvalue weighted by Gasteiger charge is -2.12. The molecule has 1 N–H and O–H groups in total. The van der Waals surface area contributed by atoms with Crippen LogP contribution < -0.4 is 5.32 Å². The third-order valence-electron chi connectivity index (χ3n) is 3.60. The van der Waals surface area contributed by atoms with Gasteiger partial charge in [0.05, 0.1) is 5.52 Å². The van der Waals surface area contributed by atoms with Gasteiger partial charge in [0, 0.05) is 28.3 Å². The SMILES string of the molecule is Cc1cc(CNc2cc(Cl)ccc2C)c2ccccc2n1. The minimum absolute atomic E-state index is 0.749. The van der Waals surface area contributed by atoms with Crippen molar-refractivity contribution in [3.63, 3.8) is 0 Å². The van der Waals surface area contributed by atoms with Gasteiger partial charge in [-0.05, 0) is 49.2 Å². The molecule has 0 bridgehead atoms. The highest BCUT2D eigenvalue weighted by Crippen LogP contribution is 2.23. The minimum atomic E-state index is 0.749. The van der Waals surface area contributed by atoms with Crippen LogP contribution >= 0.6 is 11.6 Å². The summed E-state index contributed by atoms with van der Waals surface area (Å²) in [7, 11) is 0. The molecule has 0 aliphatic carbocycles.